The number of rotatable bonds is 5. The van der Waals surface area contributed by atoms with Gasteiger partial charge >= 0.3 is 0 Å². The molecule has 1 saturated heterocycles. The van der Waals surface area contributed by atoms with Crippen LogP contribution in [-0.2, 0) is 11.3 Å². The number of ether oxygens (including phenoxy) is 1. The molecule has 0 radical (unpaired) electrons. The Balaban J connectivity index is 1.42. The minimum atomic E-state index is -0.713. The molecule has 23 heavy (non-hydrogen) atoms. The van der Waals surface area contributed by atoms with E-state index in [0.29, 0.717) is 17.3 Å². The number of carbonyl (C=O) groups is 1. The van der Waals surface area contributed by atoms with Crippen LogP contribution < -0.4 is 5.32 Å². The highest BCUT2D eigenvalue weighted by Gasteiger charge is 2.38. The summed E-state index contributed by atoms with van der Waals surface area (Å²) in [6, 6.07) is 3.14. The molecule has 2 aromatic heterocycles. The van der Waals surface area contributed by atoms with Crippen molar-refractivity contribution in [1.29, 1.82) is 0 Å². The minimum absolute atomic E-state index is 0.184. The lowest BCUT2D eigenvalue weighted by Crippen LogP contribution is -2.47. The zero-order valence-corrected chi connectivity index (χ0v) is 13.3. The monoisotopic (exact) mass is 334 g/mol. The van der Waals surface area contributed by atoms with Gasteiger partial charge in [-0.15, -0.1) is 16.4 Å². The van der Waals surface area contributed by atoms with Crippen molar-refractivity contribution < 1.29 is 14.6 Å². The highest BCUT2D eigenvalue weighted by molar-refractivity contribution is 7.12. The van der Waals surface area contributed by atoms with Gasteiger partial charge in [0.1, 0.15) is 12.2 Å². The van der Waals surface area contributed by atoms with Gasteiger partial charge in [0.05, 0.1) is 29.8 Å². The summed E-state index contributed by atoms with van der Waals surface area (Å²) in [7, 11) is 0. The van der Waals surface area contributed by atoms with Crippen molar-refractivity contribution in [2.24, 2.45) is 0 Å². The number of aliphatic hydroxyl groups excluding tert-OH is 1. The lowest BCUT2D eigenvalue weighted by molar-refractivity contribution is 0.0712. The van der Waals surface area contributed by atoms with E-state index in [2.05, 4.69) is 15.6 Å². The smallest absolute Gasteiger partial charge is 0.261 e. The molecule has 8 heteroatoms. The van der Waals surface area contributed by atoms with Crippen LogP contribution in [0.4, 0.5) is 0 Å². The molecule has 0 unspecified atom stereocenters. The number of carbonyl (C=O) groups excluding carboxylic acids is 1. The Hall–Kier alpha value is -1.77. The molecule has 2 N–H and O–H groups in total. The van der Waals surface area contributed by atoms with Crippen LogP contribution in [0.25, 0.3) is 0 Å². The molecule has 2 aromatic rings. The molecule has 0 bridgehead atoms. The van der Waals surface area contributed by atoms with Crippen molar-refractivity contribution in [3.05, 3.63) is 34.3 Å². The molecule has 1 saturated carbocycles. The molecule has 3 atom stereocenters. The number of aliphatic hydroxyl groups is 1. The molecule has 1 aliphatic heterocycles. The average molecular weight is 334 g/mol. The van der Waals surface area contributed by atoms with Gasteiger partial charge in [-0.3, -0.25) is 4.79 Å². The van der Waals surface area contributed by atoms with Crippen LogP contribution in [-0.4, -0.2) is 50.9 Å². The second-order valence-electron chi connectivity index (χ2n) is 6.06. The molecule has 0 aromatic carbocycles. The van der Waals surface area contributed by atoms with Crippen molar-refractivity contribution in [3.63, 3.8) is 0 Å². The van der Waals surface area contributed by atoms with E-state index in [4.69, 9.17) is 4.74 Å². The third-order valence-electron chi connectivity index (χ3n) is 4.26. The summed E-state index contributed by atoms with van der Waals surface area (Å²) >= 11 is 1.37. The fourth-order valence-corrected chi connectivity index (χ4v) is 3.44. The highest BCUT2D eigenvalue weighted by atomic mass is 32.1. The largest absolute Gasteiger partial charge is 0.388 e. The molecule has 7 nitrogen and oxygen atoms in total. The molecule has 1 aliphatic carbocycles. The van der Waals surface area contributed by atoms with Crippen molar-refractivity contribution in [2.75, 3.05) is 6.61 Å². The van der Waals surface area contributed by atoms with Gasteiger partial charge in [-0.2, -0.15) is 0 Å². The summed E-state index contributed by atoms with van der Waals surface area (Å²) in [6.07, 6.45) is 3.26. The van der Waals surface area contributed by atoms with E-state index in [-0.39, 0.29) is 18.6 Å². The molecule has 3 heterocycles. The van der Waals surface area contributed by atoms with Crippen molar-refractivity contribution >= 4 is 17.2 Å². The van der Waals surface area contributed by atoms with E-state index >= 15 is 0 Å². The summed E-state index contributed by atoms with van der Waals surface area (Å²) < 4.78 is 7.37. The van der Waals surface area contributed by atoms with Gasteiger partial charge in [0.25, 0.3) is 5.91 Å². The Morgan fingerprint density at radius 3 is 3.13 bits per heavy atom. The molecule has 2 aliphatic rings. The minimum Gasteiger partial charge on any atom is -0.388 e. The van der Waals surface area contributed by atoms with Crippen LogP contribution in [0.5, 0.6) is 0 Å². The molecule has 4 rings (SSSR count). The highest BCUT2D eigenvalue weighted by Crippen LogP contribution is 2.38. The summed E-state index contributed by atoms with van der Waals surface area (Å²) in [6.45, 7) is 0.677. The van der Waals surface area contributed by atoms with Gasteiger partial charge in [0, 0.05) is 12.1 Å². The third kappa shape index (κ3) is 3.15. The maximum Gasteiger partial charge on any atom is 0.261 e. The average Bonchev–Trinajstić information content (AvgIpc) is 2.96. The predicted octanol–water partition coefficient (Wildman–Crippen LogP) is 0.775. The quantitative estimate of drug-likeness (QED) is 0.843. The van der Waals surface area contributed by atoms with Crippen LogP contribution in [0, 0.1) is 0 Å². The molecule has 2 fully saturated rings. The first-order chi connectivity index (χ1) is 11.2. The predicted molar refractivity (Wildman–Crippen MR) is 83.3 cm³/mol. The van der Waals surface area contributed by atoms with Gasteiger partial charge < -0.3 is 15.2 Å². The number of nitrogens with zero attached hydrogens (tertiary/aromatic N) is 3. The number of nitrogens with one attached hydrogen (secondary N) is 1. The Kier molecular flexibility index (Phi) is 3.88. The van der Waals surface area contributed by atoms with E-state index in [1.165, 1.54) is 24.2 Å². The Morgan fingerprint density at radius 1 is 1.52 bits per heavy atom. The van der Waals surface area contributed by atoms with Crippen LogP contribution in [0.1, 0.15) is 34.1 Å². The summed E-state index contributed by atoms with van der Waals surface area (Å²) in [4.78, 5) is 12.8. The third-order valence-corrected chi connectivity index (χ3v) is 5.13. The Bertz CT molecular complexity index is 683. The first-order valence-corrected chi connectivity index (χ1v) is 8.63. The normalized spacial score (nSPS) is 27.3. The van der Waals surface area contributed by atoms with Gasteiger partial charge in [-0.25, -0.2) is 4.68 Å². The van der Waals surface area contributed by atoms with Crippen LogP contribution in [0.3, 0.4) is 0 Å². The van der Waals surface area contributed by atoms with E-state index in [1.54, 1.807) is 10.7 Å². The van der Waals surface area contributed by atoms with Gasteiger partial charge in [-0.05, 0) is 24.3 Å². The SMILES string of the molecule is O=C(N[C@@H]1[C@@H](O)CO[C@@H]1Cn1cc(C2CC2)nn1)c1cccs1. The van der Waals surface area contributed by atoms with E-state index in [9.17, 15) is 9.90 Å². The maximum absolute atomic E-state index is 12.2. The molecular weight excluding hydrogens is 316 g/mol. The van der Waals surface area contributed by atoms with Gasteiger partial charge in [0.2, 0.25) is 0 Å². The van der Waals surface area contributed by atoms with Crippen molar-refractivity contribution in [1.82, 2.24) is 20.3 Å². The lowest BCUT2D eigenvalue weighted by atomic mass is 10.1. The van der Waals surface area contributed by atoms with Crippen molar-refractivity contribution in [3.8, 4) is 0 Å². The fraction of sp³-hybridized carbons (Fsp3) is 0.533. The van der Waals surface area contributed by atoms with Gasteiger partial charge in [0.15, 0.2) is 0 Å². The fourth-order valence-electron chi connectivity index (χ4n) is 2.82. The number of amides is 1. The second kappa shape index (κ2) is 6.03. The first-order valence-electron chi connectivity index (χ1n) is 7.75. The molecule has 1 amide bonds. The van der Waals surface area contributed by atoms with Crippen LogP contribution >= 0.6 is 11.3 Å². The summed E-state index contributed by atoms with van der Waals surface area (Å²) in [5.41, 5.74) is 1.02. The zero-order valence-electron chi connectivity index (χ0n) is 12.5. The summed E-state index contributed by atoms with van der Waals surface area (Å²) in [5, 5.41) is 23.1. The topological polar surface area (TPSA) is 89.3 Å². The number of thiophene rings is 1. The van der Waals surface area contributed by atoms with Crippen molar-refractivity contribution in [2.45, 2.75) is 43.6 Å². The summed E-state index contributed by atoms with van der Waals surface area (Å²) in [5.74, 6) is 0.366. The number of hydrogen-bond acceptors (Lipinski definition) is 6. The second-order valence-corrected chi connectivity index (χ2v) is 7.00. The van der Waals surface area contributed by atoms with E-state index in [0.717, 1.165) is 5.69 Å². The lowest BCUT2D eigenvalue weighted by Gasteiger charge is -2.21. The Morgan fingerprint density at radius 2 is 2.39 bits per heavy atom. The van der Waals surface area contributed by atoms with Gasteiger partial charge in [-0.1, -0.05) is 11.3 Å². The molecule has 122 valence electrons. The molecular formula is C15H18N4O3S. The van der Waals surface area contributed by atoms with Crippen LogP contribution in [0.2, 0.25) is 0 Å². The number of hydrogen-bond donors (Lipinski definition) is 2. The zero-order chi connectivity index (χ0) is 15.8. The standard InChI is InChI=1S/C15H18N4O3S/c20-11-8-22-12(7-19-6-10(17-18-19)9-3-4-9)14(11)16-15(21)13-2-1-5-23-13/h1-2,5-6,9,11-12,14,20H,3-4,7-8H2,(H,16,21)/t11-,12+,14+/m0/s1. The first kappa shape index (κ1) is 14.8. The van der Waals surface area contributed by atoms with Crippen LogP contribution in [0.15, 0.2) is 23.7 Å². The maximum atomic E-state index is 12.2. The molecule has 0 spiro atoms. The Labute approximate surface area is 137 Å². The number of aromatic nitrogens is 3. The van der Waals surface area contributed by atoms with E-state index in [1.807, 2.05) is 17.6 Å². The van der Waals surface area contributed by atoms with E-state index < -0.39 is 12.1 Å².